The highest BCUT2D eigenvalue weighted by Crippen LogP contribution is 2.40. The van der Waals surface area contributed by atoms with Crippen molar-refractivity contribution in [3.8, 4) is 5.69 Å². The van der Waals surface area contributed by atoms with Crippen LogP contribution in [0, 0.1) is 0 Å². The summed E-state index contributed by atoms with van der Waals surface area (Å²) in [5, 5.41) is 7.83. The maximum absolute atomic E-state index is 14.1. The van der Waals surface area contributed by atoms with Gasteiger partial charge in [-0.3, -0.25) is 9.78 Å². The molecule has 0 spiro atoms. The molecule has 3 aromatic rings. The Bertz CT molecular complexity index is 1290. The van der Waals surface area contributed by atoms with Gasteiger partial charge in [0.2, 0.25) is 0 Å². The molecule has 6 nitrogen and oxygen atoms in total. The zero-order chi connectivity index (χ0) is 26.5. The van der Waals surface area contributed by atoms with Gasteiger partial charge in [0.1, 0.15) is 11.7 Å². The lowest BCUT2D eigenvalue weighted by molar-refractivity contribution is -0.159. The minimum absolute atomic E-state index is 0.0388. The summed E-state index contributed by atoms with van der Waals surface area (Å²) in [6, 6.07) is 2.69. The summed E-state index contributed by atoms with van der Waals surface area (Å²) < 4.78 is 121. The third-order valence-electron chi connectivity index (χ3n) is 5.37. The lowest BCUT2D eigenvalue weighted by atomic mass is 9.92. The third-order valence-corrected chi connectivity index (χ3v) is 5.37. The molecule has 15 heteroatoms. The molecule has 1 atom stereocenters. The van der Waals surface area contributed by atoms with E-state index in [0.717, 1.165) is 24.3 Å². The van der Waals surface area contributed by atoms with E-state index < -0.39 is 53.1 Å². The third kappa shape index (κ3) is 4.87. The maximum Gasteiger partial charge on any atom is 0.434 e. The number of benzene rings is 1. The number of fused-ring (bicyclic) bond motifs is 1. The van der Waals surface area contributed by atoms with Crippen LogP contribution in [0.5, 0.6) is 0 Å². The predicted molar refractivity (Wildman–Crippen MR) is 106 cm³/mol. The minimum Gasteiger partial charge on any atom is -0.322 e. The van der Waals surface area contributed by atoms with Crippen molar-refractivity contribution in [1.82, 2.24) is 20.1 Å². The number of nitrogens with zero attached hydrogens (tertiary/aromatic N) is 3. The molecular formula is C21H14F9N5O. The SMILES string of the molecule is O=C(Nc1ccnc(C(F)(F)F)c1)c1cnn(-c2cccc3c2CCN[C@@H]3C(F)(F)F)c1C(F)(F)F. The number of alkyl halides is 9. The average molecular weight is 523 g/mol. The van der Waals surface area contributed by atoms with Crippen LogP contribution in [0.1, 0.15) is 38.9 Å². The molecule has 0 radical (unpaired) electrons. The van der Waals surface area contributed by atoms with E-state index in [1.54, 1.807) is 0 Å². The van der Waals surface area contributed by atoms with Crippen molar-refractivity contribution >= 4 is 11.6 Å². The van der Waals surface area contributed by atoms with Crippen molar-refractivity contribution in [3.05, 3.63) is 70.8 Å². The second-order valence-electron chi connectivity index (χ2n) is 7.72. The Hall–Kier alpha value is -3.62. The highest BCUT2D eigenvalue weighted by atomic mass is 19.4. The van der Waals surface area contributed by atoms with Crippen LogP contribution in [-0.2, 0) is 18.8 Å². The quantitative estimate of drug-likeness (QED) is 0.457. The Morgan fingerprint density at radius 3 is 2.39 bits per heavy atom. The molecular weight excluding hydrogens is 509 g/mol. The van der Waals surface area contributed by atoms with Crippen molar-refractivity contribution in [2.45, 2.75) is 31.0 Å². The number of hydrogen-bond acceptors (Lipinski definition) is 4. The largest absolute Gasteiger partial charge is 0.434 e. The number of amides is 1. The Morgan fingerprint density at radius 2 is 1.75 bits per heavy atom. The summed E-state index contributed by atoms with van der Waals surface area (Å²) in [6.07, 6.45) is -13.6. The molecule has 0 saturated heterocycles. The van der Waals surface area contributed by atoms with Gasteiger partial charge in [-0.15, -0.1) is 0 Å². The zero-order valence-electron chi connectivity index (χ0n) is 17.7. The summed E-state index contributed by atoms with van der Waals surface area (Å²) in [7, 11) is 0. The van der Waals surface area contributed by atoms with E-state index in [1.807, 2.05) is 5.32 Å². The summed E-state index contributed by atoms with van der Waals surface area (Å²) >= 11 is 0. The van der Waals surface area contributed by atoms with E-state index in [4.69, 9.17) is 0 Å². The van der Waals surface area contributed by atoms with E-state index in [-0.39, 0.29) is 29.8 Å². The van der Waals surface area contributed by atoms with Crippen molar-refractivity contribution < 1.29 is 44.3 Å². The smallest absolute Gasteiger partial charge is 0.322 e. The summed E-state index contributed by atoms with van der Waals surface area (Å²) in [5.41, 5.74) is -5.11. The Morgan fingerprint density at radius 1 is 1.03 bits per heavy atom. The maximum atomic E-state index is 14.1. The number of anilines is 1. The number of carbonyl (C=O) groups excluding carboxylic acids is 1. The van der Waals surface area contributed by atoms with E-state index in [2.05, 4.69) is 15.4 Å². The fourth-order valence-electron chi connectivity index (χ4n) is 3.91. The first-order valence-electron chi connectivity index (χ1n) is 10.1. The van der Waals surface area contributed by atoms with Crippen LogP contribution in [-0.4, -0.2) is 33.4 Å². The van der Waals surface area contributed by atoms with Gasteiger partial charge in [0.05, 0.1) is 17.4 Å². The van der Waals surface area contributed by atoms with E-state index in [0.29, 0.717) is 23.1 Å². The van der Waals surface area contributed by atoms with Gasteiger partial charge < -0.3 is 10.6 Å². The molecule has 3 heterocycles. The summed E-state index contributed by atoms with van der Waals surface area (Å²) in [5.74, 6) is -1.42. The van der Waals surface area contributed by atoms with Crippen LogP contribution < -0.4 is 10.6 Å². The highest BCUT2D eigenvalue weighted by Gasteiger charge is 2.45. The Balaban J connectivity index is 1.77. The van der Waals surface area contributed by atoms with Gasteiger partial charge in [-0.05, 0) is 35.7 Å². The van der Waals surface area contributed by atoms with Gasteiger partial charge in [-0.2, -0.15) is 44.6 Å². The number of aromatic nitrogens is 3. The Kier molecular flexibility index (Phi) is 6.22. The van der Waals surface area contributed by atoms with Gasteiger partial charge >= 0.3 is 18.5 Å². The second-order valence-corrected chi connectivity index (χ2v) is 7.72. The molecule has 0 fully saturated rings. The van der Waals surface area contributed by atoms with Crippen molar-refractivity contribution in [2.75, 3.05) is 11.9 Å². The topological polar surface area (TPSA) is 71.8 Å². The monoisotopic (exact) mass is 523 g/mol. The Labute approximate surface area is 196 Å². The lowest BCUT2D eigenvalue weighted by Crippen LogP contribution is -2.39. The van der Waals surface area contributed by atoms with Crippen LogP contribution in [0.4, 0.5) is 45.2 Å². The first kappa shape index (κ1) is 25.5. The number of pyridine rings is 1. The normalized spacial score (nSPS) is 16.5. The average Bonchev–Trinajstić information content (AvgIpc) is 3.23. The molecule has 1 amide bonds. The number of nitrogens with one attached hydrogen (secondary N) is 2. The molecule has 0 aliphatic carbocycles. The van der Waals surface area contributed by atoms with Crippen LogP contribution in [0.25, 0.3) is 5.69 Å². The van der Waals surface area contributed by atoms with Gasteiger partial charge in [-0.1, -0.05) is 12.1 Å². The molecule has 0 saturated carbocycles. The molecule has 36 heavy (non-hydrogen) atoms. The minimum atomic E-state index is -5.20. The van der Waals surface area contributed by atoms with Crippen LogP contribution in [0.2, 0.25) is 0 Å². The van der Waals surface area contributed by atoms with Crippen LogP contribution in [0.15, 0.2) is 42.7 Å². The van der Waals surface area contributed by atoms with Crippen molar-refractivity contribution in [2.24, 2.45) is 0 Å². The summed E-state index contributed by atoms with van der Waals surface area (Å²) in [4.78, 5) is 15.7. The zero-order valence-corrected chi connectivity index (χ0v) is 17.7. The molecule has 2 N–H and O–H groups in total. The fourth-order valence-corrected chi connectivity index (χ4v) is 3.91. The van der Waals surface area contributed by atoms with Gasteiger partial charge in [0.15, 0.2) is 5.69 Å². The molecule has 4 rings (SSSR count). The van der Waals surface area contributed by atoms with Crippen molar-refractivity contribution in [3.63, 3.8) is 0 Å². The number of rotatable bonds is 3. The first-order valence-corrected chi connectivity index (χ1v) is 10.1. The molecule has 192 valence electrons. The number of halogens is 9. The molecule has 2 aromatic heterocycles. The molecule has 0 unspecified atom stereocenters. The van der Waals surface area contributed by atoms with Gasteiger partial charge in [-0.25, -0.2) is 4.68 Å². The highest BCUT2D eigenvalue weighted by molar-refractivity contribution is 6.05. The fraction of sp³-hybridized carbons (Fsp3) is 0.286. The van der Waals surface area contributed by atoms with E-state index in [1.165, 1.54) is 0 Å². The van der Waals surface area contributed by atoms with Gasteiger partial charge in [0.25, 0.3) is 5.91 Å². The lowest BCUT2D eigenvalue weighted by Gasteiger charge is -2.30. The second kappa shape index (κ2) is 8.80. The molecule has 1 aliphatic rings. The van der Waals surface area contributed by atoms with Gasteiger partial charge in [0, 0.05) is 18.4 Å². The van der Waals surface area contributed by atoms with E-state index >= 15 is 0 Å². The predicted octanol–water partition coefficient (Wildman–Crippen LogP) is 5.31. The number of carbonyl (C=O) groups is 1. The number of hydrogen-bond donors (Lipinski definition) is 2. The first-order chi connectivity index (χ1) is 16.7. The van der Waals surface area contributed by atoms with Crippen LogP contribution >= 0.6 is 0 Å². The molecule has 1 aromatic carbocycles. The van der Waals surface area contributed by atoms with Crippen molar-refractivity contribution in [1.29, 1.82) is 0 Å². The summed E-state index contributed by atoms with van der Waals surface area (Å²) in [6.45, 7) is -0.173. The molecule has 1 aliphatic heterocycles. The van der Waals surface area contributed by atoms with Crippen LogP contribution in [0.3, 0.4) is 0 Å². The standard InChI is InChI=1S/C21H14F9N5O/c22-19(23,24)15-8-10(4-6-31-15)34-18(36)13-9-33-35(17(13)21(28,29)30)14-3-1-2-12-11(14)5-7-32-16(12)20(25,26)27/h1-4,6,8-9,16,32H,5,7H2,(H,31,34,36)/t16-/m0/s1. The van der Waals surface area contributed by atoms with E-state index in [9.17, 15) is 44.3 Å². The molecule has 0 bridgehead atoms.